The van der Waals surface area contributed by atoms with Gasteiger partial charge in [-0.1, -0.05) is 25.2 Å². The Morgan fingerprint density at radius 1 is 1.45 bits per heavy atom. The topological polar surface area (TPSA) is 94.1 Å². The molecule has 108 valence electrons. The zero-order valence-corrected chi connectivity index (χ0v) is 12.1. The van der Waals surface area contributed by atoms with E-state index in [9.17, 15) is 10.1 Å². The summed E-state index contributed by atoms with van der Waals surface area (Å²) >= 11 is 1.40. The van der Waals surface area contributed by atoms with Gasteiger partial charge in [-0.3, -0.25) is 10.1 Å². The predicted octanol–water partition coefficient (Wildman–Crippen LogP) is 2.64. The van der Waals surface area contributed by atoms with Gasteiger partial charge >= 0.3 is 5.88 Å². The van der Waals surface area contributed by atoms with E-state index in [4.69, 9.17) is 4.42 Å². The molecule has 0 aliphatic carbocycles. The van der Waals surface area contributed by atoms with Crippen molar-refractivity contribution in [1.29, 1.82) is 0 Å². The Morgan fingerprint density at radius 3 is 2.90 bits per heavy atom. The van der Waals surface area contributed by atoms with Crippen LogP contribution >= 0.6 is 11.3 Å². The number of rotatable bonds is 7. The second-order valence-electron chi connectivity index (χ2n) is 4.61. The molecule has 0 unspecified atom stereocenters. The Morgan fingerprint density at radius 2 is 2.25 bits per heavy atom. The highest BCUT2D eigenvalue weighted by Crippen LogP contribution is 2.28. The second kappa shape index (κ2) is 6.58. The van der Waals surface area contributed by atoms with Gasteiger partial charge in [0.1, 0.15) is 9.93 Å². The lowest BCUT2D eigenvalue weighted by Gasteiger charge is -2.05. The SMILES string of the molecule is CC(C)NCCCc1nnc(-c2ccc([N+](=O)[O-])o2)s1. The van der Waals surface area contributed by atoms with E-state index >= 15 is 0 Å². The number of hydrogen-bond donors (Lipinski definition) is 1. The molecule has 0 saturated heterocycles. The standard InChI is InChI=1S/C12H16N4O3S/c1-8(2)13-7-3-4-10-14-15-12(20-10)9-5-6-11(19-9)16(17)18/h5-6,8,13H,3-4,7H2,1-2H3. The quantitative estimate of drug-likeness (QED) is 0.479. The van der Waals surface area contributed by atoms with Crippen molar-refractivity contribution < 1.29 is 9.34 Å². The number of aryl methyl sites for hydroxylation is 1. The highest BCUT2D eigenvalue weighted by atomic mass is 32.1. The number of nitro groups is 1. The van der Waals surface area contributed by atoms with Crippen LogP contribution in [-0.2, 0) is 6.42 Å². The third kappa shape index (κ3) is 3.84. The zero-order chi connectivity index (χ0) is 14.5. The van der Waals surface area contributed by atoms with Crippen molar-refractivity contribution in [2.45, 2.75) is 32.7 Å². The summed E-state index contributed by atoms with van der Waals surface area (Å²) in [7, 11) is 0. The van der Waals surface area contributed by atoms with Gasteiger partial charge in [0.15, 0.2) is 10.8 Å². The minimum atomic E-state index is -0.566. The average Bonchev–Trinajstić information content (AvgIpc) is 3.03. The van der Waals surface area contributed by atoms with E-state index in [-0.39, 0.29) is 5.88 Å². The van der Waals surface area contributed by atoms with E-state index in [1.807, 2.05) is 0 Å². The highest BCUT2D eigenvalue weighted by molar-refractivity contribution is 7.14. The third-order valence-corrected chi connectivity index (χ3v) is 3.57. The lowest BCUT2D eigenvalue weighted by molar-refractivity contribution is -0.401. The van der Waals surface area contributed by atoms with E-state index in [0.29, 0.717) is 16.8 Å². The van der Waals surface area contributed by atoms with Crippen molar-refractivity contribution in [1.82, 2.24) is 15.5 Å². The first-order chi connectivity index (χ1) is 9.56. The summed E-state index contributed by atoms with van der Waals surface area (Å²) in [6.45, 7) is 5.14. The van der Waals surface area contributed by atoms with Crippen LogP contribution in [0.25, 0.3) is 10.8 Å². The molecule has 8 heteroatoms. The fourth-order valence-electron chi connectivity index (χ4n) is 1.63. The molecule has 0 saturated carbocycles. The first kappa shape index (κ1) is 14.6. The molecule has 0 aliphatic heterocycles. The molecule has 0 spiro atoms. The largest absolute Gasteiger partial charge is 0.433 e. The maximum atomic E-state index is 10.6. The minimum absolute atomic E-state index is 0.280. The first-order valence-corrected chi connectivity index (χ1v) is 7.18. The van der Waals surface area contributed by atoms with Crippen molar-refractivity contribution in [2.75, 3.05) is 6.54 Å². The van der Waals surface area contributed by atoms with Crippen molar-refractivity contribution in [3.63, 3.8) is 0 Å². The molecule has 0 atom stereocenters. The van der Waals surface area contributed by atoms with E-state index < -0.39 is 4.92 Å². The molecule has 1 N–H and O–H groups in total. The molecule has 2 aromatic heterocycles. The van der Waals surface area contributed by atoms with Crippen LogP contribution in [0.4, 0.5) is 5.88 Å². The van der Waals surface area contributed by atoms with Crippen LogP contribution < -0.4 is 5.32 Å². The van der Waals surface area contributed by atoms with E-state index in [1.54, 1.807) is 6.07 Å². The Bertz CT molecular complexity index is 579. The van der Waals surface area contributed by atoms with Crippen LogP contribution in [0.15, 0.2) is 16.5 Å². The molecule has 2 heterocycles. The van der Waals surface area contributed by atoms with Crippen LogP contribution in [0.1, 0.15) is 25.3 Å². The van der Waals surface area contributed by atoms with E-state index in [2.05, 4.69) is 29.4 Å². The van der Waals surface area contributed by atoms with Crippen LogP contribution in [-0.4, -0.2) is 27.7 Å². The normalized spacial score (nSPS) is 11.2. The van der Waals surface area contributed by atoms with Crippen molar-refractivity contribution in [3.8, 4) is 10.8 Å². The fourth-order valence-corrected chi connectivity index (χ4v) is 2.47. The zero-order valence-electron chi connectivity index (χ0n) is 11.3. The van der Waals surface area contributed by atoms with Gasteiger partial charge in [0, 0.05) is 12.5 Å². The second-order valence-corrected chi connectivity index (χ2v) is 5.67. The lowest BCUT2D eigenvalue weighted by Crippen LogP contribution is -2.23. The number of furan rings is 1. The van der Waals surface area contributed by atoms with Gasteiger partial charge in [0.2, 0.25) is 0 Å². The molecule has 7 nitrogen and oxygen atoms in total. The summed E-state index contributed by atoms with van der Waals surface area (Å²) < 4.78 is 5.10. The Kier molecular flexibility index (Phi) is 4.80. The molecule has 2 rings (SSSR count). The fraction of sp³-hybridized carbons (Fsp3) is 0.500. The van der Waals surface area contributed by atoms with Gasteiger partial charge in [-0.25, -0.2) is 0 Å². The number of nitrogens with one attached hydrogen (secondary N) is 1. The maximum absolute atomic E-state index is 10.6. The molecule has 20 heavy (non-hydrogen) atoms. The molecule has 0 amide bonds. The van der Waals surface area contributed by atoms with Crippen molar-refractivity contribution in [2.24, 2.45) is 0 Å². The molecule has 0 aromatic carbocycles. The molecule has 0 fully saturated rings. The van der Waals surface area contributed by atoms with E-state index in [0.717, 1.165) is 24.4 Å². The monoisotopic (exact) mass is 296 g/mol. The van der Waals surface area contributed by atoms with E-state index in [1.165, 1.54) is 17.4 Å². The molecule has 0 radical (unpaired) electrons. The summed E-state index contributed by atoms with van der Waals surface area (Å²) in [5.41, 5.74) is 0. The number of nitrogens with zero attached hydrogens (tertiary/aromatic N) is 3. The van der Waals surface area contributed by atoms with Crippen LogP contribution in [0, 0.1) is 10.1 Å². The Hall–Kier alpha value is -1.80. The maximum Gasteiger partial charge on any atom is 0.433 e. The molecular formula is C12H16N4O3S. The number of aromatic nitrogens is 2. The first-order valence-electron chi connectivity index (χ1n) is 6.36. The summed E-state index contributed by atoms with van der Waals surface area (Å²) in [6, 6.07) is 3.34. The van der Waals surface area contributed by atoms with Crippen molar-refractivity contribution in [3.05, 3.63) is 27.3 Å². The summed E-state index contributed by atoms with van der Waals surface area (Å²) in [5, 5.41) is 23.4. The van der Waals surface area contributed by atoms with Gasteiger partial charge in [-0.05, 0) is 19.0 Å². The Balaban J connectivity index is 1.92. The molecule has 0 bridgehead atoms. The summed E-state index contributed by atoms with van der Waals surface area (Å²) in [4.78, 5) is 9.99. The van der Waals surface area contributed by atoms with Gasteiger partial charge < -0.3 is 9.73 Å². The number of hydrogen-bond acceptors (Lipinski definition) is 7. The lowest BCUT2D eigenvalue weighted by atomic mass is 10.3. The Labute approximate surface area is 120 Å². The average molecular weight is 296 g/mol. The van der Waals surface area contributed by atoms with Gasteiger partial charge in [-0.2, -0.15) is 0 Å². The van der Waals surface area contributed by atoms with Gasteiger partial charge in [0.25, 0.3) is 0 Å². The highest BCUT2D eigenvalue weighted by Gasteiger charge is 2.16. The van der Waals surface area contributed by atoms with Crippen LogP contribution in [0.2, 0.25) is 0 Å². The predicted molar refractivity (Wildman–Crippen MR) is 75.7 cm³/mol. The van der Waals surface area contributed by atoms with Crippen LogP contribution in [0.5, 0.6) is 0 Å². The smallest absolute Gasteiger partial charge is 0.398 e. The molecular weight excluding hydrogens is 280 g/mol. The van der Waals surface area contributed by atoms with Gasteiger partial charge in [0.05, 0.1) is 6.07 Å². The van der Waals surface area contributed by atoms with Gasteiger partial charge in [-0.15, -0.1) is 10.2 Å². The summed E-state index contributed by atoms with van der Waals surface area (Å²) in [5.74, 6) is 0.110. The third-order valence-electron chi connectivity index (χ3n) is 2.57. The molecule has 2 aromatic rings. The molecule has 0 aliphatic rings. The minimum Gasteiger partial charge on any atom is -0.398 e. The summed E-state index contributed by atoms with van der Waals surface area (Å²) in [6.07, 6.45) is 1.81. The van der Waals surface area contributed by atoms with Crippen molar-refractivity contribution >= 4 is 17.2 Å². The van der Waals surface area contributed by atoms with Crippen LogP contribution in [0.3, 0.4) is 0 Å².